The van der Waals surface area contributed by atoms with Gasteiger partial charge in [0.1, 0.15) is 0 Å². The topological polar surface area (TPSA) is 82.2 Å². The highest BCUT2D eigenvalue weighted by Crippen LogP contribution is 2.16. The second-order valence-electron chi connectivity index (χ2n) is 5.32. The molecule has 0 aliphatic rings. The molecule has 3 N–H and O–H groups in total. The number of H-pyrrole nitrogens is 1. The molecule has 3 aromatic rings. The van der Waals surface area contributed by atoms with Gasteiger partial charge in [0.15, 0.2) is 0 Å². The molecule has 0 spiro atoms. The fourth-order valence-corrected chi connectivity index (χ4v) is 2.40. The third-order valence-electron chi connectivity index (χ3n) is 3.65. The first-order valence-electron chi connectivity index (χ1n) is 7.31. The van der Waals surface area contributed by atoms with Crippen molar-refractivity contribution in [3.8, 4) is 0 Å². The maximum atomic E-state index is 12.3. The highest BCUT2D eigenvalue weighted by Gasteiger charge is 2.07. The van der Waals surface area contributed by atoms with Crippen molar-refractivity contribution >= 4 is 28.5 Å². The largest absolute Gasteiger partial charge is 0.481 e. The average Bonchev–Trinajstić information content (AvgIpc) is 3.01. The van der Waals surface area contributed by atoms with Crippen LogP contribution >= 0.6 is 0 Å². The zero-order chi connectivity index (χ0) is 16.2. The maximum Gasteiger partial charge on any atom is 0.303 e. The molecule has 0 atom stereocenters. The number of fused-ring (bicyclic) bond motifs is 1. The van der Waals surface area contributed by atoms with Crippen LogP contribution in [0.25, 0.3) is 10.9 Å². The van der Waals surface area contributed by atoms with Crippen LogP contribution in [0.5, 0.6) is 0 Å². The van der Waals surface area contributed by atoms with Gasteiger partial charge in [0.25, 0.3) is 5.91 Å². The Hall–Kier alpha value is -3.08. The number of aromatic nitrogens is 1. The summed E-state index contributed by atoms with van der Waals surface area (Å²) in [4.78, 5) is 25.9. The number of benzene rings is 2. The number of hydrogen-bond acceptors (Lipinski definition) is 2. The van der Waals surface area contributed by atoms with Gasteiger partial charge in [-0.3, -0.25) is 9.59 Å². The quantitative estimate of drug-likeness (QED) is 0.675. The molecule has 0 unspecified atom stereocenters. The summed E-state index contributed by atoms with van der Waals surface area (Å²) in [7, 11) is 0. The van der Waals surface area contributed by atoms with Crippen molar-refractivity contribution in [1.82, 2.24) is 4.98 Å². The van der Waals surface area contributed by atoms with Crippen LogP contribution < -0.4 is 5.32 Å². The molecule has 116 valence electrons. The average molecular weight is 308 g/mol. The van der Waals surface area contributed by atoms with E-state index in [1.165, 1.54) is 0 Å². The number of aromatic amines is 1. The summed E-state index contributed by atoms with van der Waals surface area (Å²) in [5.41, 5.74) is 3.19. The summed E-state index contributed by atoms with van der Waals surface area (Å²) in [5, 5.41) is 12.5. The number of rotatable bonds is 5. The number of nitrogens with one attached hydrogen (secondary N) is 2. The van der Waals surface area contributed by atoms with Crippen molar-refractivity contribution in [2.24, 2.45) is 0 Å². The molecule has 5 heteroatoms. The number of anilines is 1. The Morgan fingerprint density at radius 2 is 1.83 bits per heavy atom. The minimum Gasteiger partial charge on any atom is -0.481 e. The third-order valence-corrected chi connectivity index (χ3v) is 3.65. The van der Waals surface area contributed by atoms with Crippen LogP contribution in [0.15, 0.2) is 54.7 Å². The second-order valence-corrected chi connectivity index (χ2v) is 5.32. The molecule has 3 rings (SSSR count). The Balaban J connectivity index is 1.68. The van der Waals surface area contributed by atoms with Crippen molar-refractivity contribution < 1.29 is 14.7 Å². The van der Waals surface area contributed by atoms with Crippen molar-refractivity contribution in [2.45, 2.75) is 12.8 Å². The standard InChI is InChI=1S/C18H16N2O3/c21-17(22)8-3-12-1-5-15(6-2-12)20-18(23)14-4-7-16-13(11-14)9-10-19-16/h1-2,4-7,9-11,19H,3,8H2,(H,20,23)(H,21,22). The summed E-state index contributed by atoms with van der Waals surface area (Å²) >= 11 is 0. The number of carbonyl (C=O) groups excluding carboxylic acids is 1. The SMILES string of the molecule is O=C(O)CCc1ccc(NC(=O)c2ccc3[nH]ccc3c2)cc1. The Bertz CT molecular complexity index is 850. The zero-order valence-electron chi connectivity index (χ0n) is 12.4. The van der Waals surface area contributed by atoms with Gasteiger partial charge in [0, 0.05) is 34.8 Å². The van der Waals surface area contributed by atoms with Crippen molar-refractivity contribution in [1.29, 1.82) is 0 Å². The molecule has 2 aromatic carbocycles. The van der Waals surface area contributed by atoms with Crippen LogP contribution in [0.4, 0.5) is 5.69 Å². The first-order chi connectivity index (χ1) is 11.1. The van der Waals surface area contributed by atoms with Gasteiger partial charge in [-0.25, -0.2) is 0 Å². The van der Waals surface area contributed by atoms with Crippen LogP contribution in [-0.2, 0) is 11.2 Å². The van der Waals surface area contributed by atoms with Gasteiger partial charge in [-0.2, -0.15) is 0 Å². The molecule has 0 fully saturated rings. The van der Waals surface area contributed by atoms with E-state index >= 15 is 0 Å². The van der Waals surface area contributed by atoms with E-state index in [-0.39, 0.29) is 12.3 Å². The number of aryl methyl sites for hydroxylation is 1. The molecule has 0 aliphatic carbocycles. The summed E-state index contributed by atoms with van der Waals surface area (Å²) < 4.78 is 0. The lowest BCUT2D eigenvalue weighted by atomic mass is 10.1. The van der Waals surface area contributed by atoms with E-state index in [9.17, 15) is 9.59 Å². The number of carbonyl (C=O) groups is 2. The second kappa shape index (κ2) is 6.36. The van der Waals surface area contributed by atoms with Crippen LogP contribution in [-0.4, -0.2) is 22.0 Å². The molecular weight excluding hydrogens is 292 g/mol. The molecule has 5 nitrogen and oxygen atoms in total. The van der Waals surface area contributed by atoms with Gasteiger partial charge in [0.2, 0.25) is 0 Å². The molecule has 1 heterocycles. The lowest BCUT2D eigenvalue weighted by molar-refractivity contribution is -0.136. The van der Waals surface area contributed by atoms with Crippen LogP contribution in [0.1, 0.15) is 22.3 Å². The molecule has 0 bridgehead atoms. The first-order valence-corrected chi connectivity index (χ1v) is 7.31. The number of carboxylic acid groups (broad SMARTS) is 1. The van der Waals surface area contributed by atoms with Crippen molar-refractivity contribution in [3.05, 3.63) is 65.9 Å². The van der Waals surface area contributed by atoms with E-state index < -0.39 is 5.97 Å². The fraction of sp³-hybridized carbons (Fsp3) is 0.111. The van der Waals surface area contributed by atoms with Gasteiger partial charge >= 0.3 is 5.97 Å². The molecular formula is C18H16N2O3. The molecule has 0 saturated heterocycles. The maximum absolute atomic E-state index is 12.3. The summed E-state index contributed by atoms with van der Waals surface area (Å²) in [6, 6.07) is 14.6. The van der Waals surface area contributed by atoms with E-state index in [1.807, 2.05) is 36.5 Å². The minimum absolute atomic E-state index is 0.0996. The van der Waals surface area contributed by atoms with E-state index in [0.29, 0.717) is 17.7 Å². The van der Waals surface area contributed by atoms with Gasteiger partial charge in [0.05, 0.1) is 0 Å². The summed E-state index contributed by atoms with van der Waals surface area (Å²) in [6.45, 7) is 0. The predicted molar refractivity (Wildman–Crippen MR) is 88.7 cm³/mol. The smallest absolute Gasteiger partial charge is 0.303 e. The van der Waals surface area contributed by atoms with Crippen LogP contribution in [0, 0.1) is 0 Å². The van der Waals surface area contributed by atoms with E-state index in [4.69, 9.17) is 5.11 Å². The van der Waals surface area contributed by atoms with Crippen LogP contribution in [0.3, 0.4) is 0 Å². The van der Waals surface area contributed by atoms with Crippen molar-refractivity contribution in [3.63, 3.8) is 0 Å². The monoisotopic (exact) mass is 308 g/mol. The van der Waals surface area contributed by atoms with Gasteiger partial charge in [-0.05, 0) is 48.4 Å². The zero-order valence-corrected chi connectivity index (χ0v) is 12.4. The minimum atomic E-state index is -0.817. The molecule has 0 saturated carbocycles. The fourth-order valence-electron chi connectivity index (χ4n) is 2.40. The number of aliphatic carboxylic acids is 1. The van der Waals surface area contributed by atoms with Crippen LogP contribution in [0.2, 0.25) is 0 Å². The molecule has 23 heavy (non-hydrogen) atoms. The van der Waals surface area contributed by atoms with Gasteiger partial charge in [-0.15, -0.1) is 0 Å². The highest BCUT2D eigenvalue weighted by atomic mass is 16.4. The van der Waals surface area contributed by atoms with E-state index in [2.05, 4.69) is 10.3 Å². The van der Waals surface area contributed by atoms with Gasteiger partial charge in [-0.1, -0.05) is 12.1 Å². The van der Waals surface area contributed by atoms with E-state index in [0.717, 1.165) is 16.5 Å². The van der Waals surface area contributed by atoms with Crippen molar-refractivity contribution in [2.75, 3.05) is 5.32 Å². The Labute approximate surface area is 133 Å². The molecule has 1 amide bonds. The third kappa shape index (κ3) is 3.58. The summed E-state index contributed by atoms with van der Waals surface area (Å²) in [6.07, 6.45) is 2.41. The van der Waals surface area contributed by atoms with Gasteiger partial charge < -0.3 is 15.4 Å². The Morgan fingerprint density at radius 3 is 2.57 bits per heavy atom. The lowest BCUT2D eigenvalue weighted by Gasteiger charge is -2.07. The normalized spacial score (nSPS) is 10.6. The Kier molecular flexibility index (Phi) is 4.10. The Morgan fingerprint density at radius 1 is 1.04 bits per heavy atom. The lowest BCUT2D eigenvalue weighted by Crippen LogP contribution is -2.11. The van der Waals surface area contributed by atoms with E-state index in [1.54, 1.807) is 18.2 Å². The molecule has 1 aromatic heterocycles. The number of hydrogen-bond donors (Lipinski definition) is 3. The first kappa shape index (κ1) is 14.8. The predicted octanol–water partition coefficient (Wildman–Crippen LogP) is 3.44. The number of amides is 1. The highest BCUT2D eigenvalue weighted by molar-refractivity contribution is 6.06. The molecule has 0 aliphatic heterocycles. The summed E-state index contributed by atoms with van der Waals surface area (Å²) in [5.74, 6) is -0.992. The molecule has 0 radical (unpaired) electrons. The number of carboxylic acids is 1.